The number of likely N-dealkylation sites (tertiary alicyclic amines) is 1. The van der Waals surface area contributed by atoms with Crippen molar-refractivity contribution in [1.82, 2.24) is 9.80 Å². The van der Waals surface area contributed by atoms with Gasteiger partial charge in [-0.2, -0.15) is 0 Å². The Morgan fingerprint density at radius 1 is 1.13 bits per heavy atom. The molecule has 2 aliphatic rings. The first-order valence-corrected chi connectivity index (χ1v) is 8.60. The number of hydrogen-bond acceptors (Lipinski definition) is 3. The molecule has 5 heteroatoms. The number of carbonyl (C=O) groups excluding carboxylic acids is 3. The van der Waals surface area contributed by atoms with Crippen molar-refractivity contribution in [2.24, 2.45) is 11.3 Å². The van der Waals surface area contributed by atoms with Crippen LogP contribution in [0.4, 0.5) is 0 Å². The van der Waals surface area contributed by atoms with Crippen LogP contribution in [0.5, 0.6) is 0 Å². The van der Waals surface area contributed by atoms with Gasteiger partial charge in [0.15, 0.2) is 0 Å². The van der Waals surface area contributed by atoms with Gasteiger partial charge in [-0.3, -0.25) is 19.3 Å². The quantitative estimate of drug-likeness (QED) is 0.557. The fourth-order valence-electron chi connectivity index (χ4n) is 3.23. The van der Waals surface area contributed by atoms with Crippen LogP contribution in [-0.2, 0) is 14.4 Å². The van der Waals surface area contributed by atoms with Gasteiger partial charge in [-0.1, -0.05) is 27.2 Å². The summed E-state index contributed by atoms with van der Waals surface area (Å²) in [5, 5.41) is 0. The van der Waals surface area contributed by atoms with Crippen molar-refractivity contribution in [3.8, 4) is 0 Å². The first kappa shape index (κ1) is 17.7. The fourth-order valence-corrected chi connectivity index (χ4v) is 3.23. The molecule has 0 N–H and O–H groups in total. The monoisotopic (exact) mass is 320 g/mol. The minimum absolute atomic E-state index is 0.226. The van der Waals surface area contributed by atoms with E-state index >= 15 is 0 Å². The highest BCUT2D eigenvalue weighted by Gasteiger charge is 2.33. The highest BCUT2D eigenvalue weighted by atomic mass is 16.2. The van der Waals surface area contributed by atoms with Crippen molar-refractivity contribution in [3.63, 3.8) is 0 Å². The normalized spacial score (nSPS) is 21.6. The van der Waals surface area contributed by atoms with Gasteiger partial charge >= 0.3 is 0 Å². The zero-order chi connectivity index (χ0) is 17.0. The third-order valence-electron chi connectivity index (χ3n) is 4.94. The van der Waals surface area contributed by atoms with E-state index in [1.54, 1.807) is 0 Å². The Morgan fingerprint density at radius 2 is 1.78 bits per heavy atom. The summed E-state index contributed by atoms with van der Waals surface area (Å²) < 4.78 is 0. The first-order chi connectivity index (χ1) is 10.8. The maximum Gasteiger partial charge on any atom is 0.253 e. The molecule has 2 heterocycles. The highest BCUT2D eigenvalue weighted by Crippen LogP contribution is 2.33. The molecule has 0 saturated carbocycles. The summed E-state index contributed by atoms with van der Waals surface area (Å²) in [6, 6.07) is 0. The second-order valence-corrected chi connectivity index (χ2v) is 7.66. The minimum Gasteiger partial charge on any atom is -0.342 e. The Morgan fingerprint density at radius 3 is 2.35 bits per heavy atom. The Balaban J connectivity index is 1.61. The average molecular weight is 320 g/mol. The number of carbonyl (C=O) groups is 3. The topological polar surface area (TPSA) is 57.7 Å². The second kappa shape index (κ2) is 7.28. The maximum absolute atomic E-state index is 12.2. The average Bonchev–Trinajstić information content (AvgIpc) is 3.07. The van der Waals surface area contributed by atoms with Gasteiger partial charge < -0.3 is 4.90 Å². The largest absolute Gasteiger partial charge is 0.342 e. The molecular weight excluding hydrogens is 292 g/mol. The molecule has 1 atom stereocenters. The van der Waals surface area contributed by atoms with Crippen molar-refractivity contribution in [2.75, 3.05) is 19.6 Å². The molecule has 2 rings (SSSR count). The lowest BCUT2D eigenvalue weighted by Gasteiger charge is -2.27. The standard InChI is InChI=1S/C18H28N2O3/c1-18(2,3)14-10-12-19(13-14)15(21)7-5-4-6-11-20-16(22)8-9-17(20)23/h8-9,14H,4-7,10-13H2,1-3H3. The molecule has 0 bridgehead atoms. The molecule has 1 unspecified atom stereocenters. The van der Waals surface area contributed by atoms with E-state index < -0.39 is 0 Å². The summed E-state index contributed by atoms with van der Waals surface area (Å²) in [7, 11) is 0. The number of amides is 3. The van der Waals surface area contributed by atoms with Crippen molar-refractivity contribution in [1.29, 1.82) is 0 Å². The van der Waals surface area contributed by atoms with Gasteiger partial charge in [0.2, 0.25) is 5.91 Å². The van der Waals surface area contributed by atoms with Crippen LogP contribution in [0, 0.1) is 11.3 Å². The van der Waals surface area contributed by atoms with Crippen LogP contribution in [0.2, 0.25) is 0 Å². The van der Waals surface area contributed by atoms with Gasteiger partial charge in [-0.15, -0.1) is 0 Å². The van der Waals surface area contributed by atoms with Crippen molar-refractivity contribution in [2.45, 2.75) is 52.9 Å². The van der Waals surface area contributed by atoms with Crippen LogP contribution in [0.3, 0.4) is 0 Å². The smallest absolute Gasteiger partial charge is 0.253 e. The molecule has 1 saturated heterocycles. The van der Waals surface area contributed by atoms with Crippen molar-refractivity contribution in [3.05, 3.63) is 12.2 Å². The number of unbranched alkanes of at least 4 members (excludes halogenated alkanes) is 2. The second-order valence-electron chi connectivity index (χ2n) is 7.66. The number of imide groups is 1. The summed E-state index contributed by atoms with van der Waals surface area (Å²) in [4.78, 5) is 38.3. The van der Waals surface area contributed by atoms with Gasteiger partial charge in [-0.05, 0) is 30.6 Å². The predicted molar refractivity (Wildman–Crippen MR) is 88.5 cm³/mol. The van der Waals surface area contributed by atoms with Crippen LogP contribution in [0.1, 0.15) is 52.9 Å². The molecule has 5 nitrogen and oxygen atoms in total. The molecule has 23 heavy (non-hydrogen) atoms. The van der Waals surface area contributed by atoms with Gasteiger partial charge in [0.25, 0.3) is 11.8 Å². The van der Waals surface area contributed by atoms with Crippen LogP contribution >= 0.6 is 0 Å². The molecule has 2 aliphatic heterocycles. The van der Waals surface area contributed by atoms with Crippen LogP contribution in [0.15, 0.2) is 12.2 Å². The Bertz CT molecular complexity index is 487. The lowest BCUT2D eigenvalue weighted by Crippen LogP contribution is -2.31. The van der Waals surface area contributed by atoms with Crippen molar-refractivity contribution >= 4 is 17.7 Å². The lowest BCUT2D eigenvalue weighted by molar-refractivity contribution is -0.137. The van der Waals surface area contributed by atoms with E-state index in [1.807, 2.05) is 4.90 Å². The Hall–Kier alpha value is -1.65. The van der Waals surface area contributed by atoms with E-state index in [0.29, 0.717) is 18.9 Å². The SMILES string of the molecule is CC(C)(C)C1CCN(C(=O)CCCCCN2C(=O)C=CC2=O)C1. The molecule has 128 valence electrons. The Kier molecular flexibility index (Phi) is 5.60. The van der Waals surface area contributed by atoms with E-state index in [1.165, 1.54) is 17.1 Å². The zero-order valence-electron chi connectivity index (χ0n) is 14.5. The minimum atomic E-state index is -0.226. The maximum atomic E-state index is 12.2. The number of rotatable bonds is 6. The lowest BCUT2D eigenvalue weighted by atomic mass is 9.80. The fraction of sp³-hybridized carbons (Fsp3) is 0.722. The molecule has 0 radical (unpaired) electrons. The van der Waals surface area contributed by atoms with Gasteiger partial charge in [0.05, 0.1) is 0 Å². The number of hydrogen-bond donors (Lipinski definition) is 0. The summed E-state index contributed by atoms with van der Waals surface area (Å²) in [6.07, 6.45) is 6.73. The van der Waals surface area contributed by atoms with E-state index in [2.05, 4.69) is 20.8 Å². The predicted octanol–water partition coefficient (Wildman–Crippen LogP) is 2.37. The summed E-state index contributed by atoms with van der Waals surface area (Å²) in [6.45, 7) is 8.92. The zero-order valence-corrected chi connectivity index (χ0v) is 14.5. The van der Waals surface area contributed by atoms with E-state index in [0.717, 1.165) is 38.8 Å². The molecule has 0 aromatic rings. The molecule has 0 aliphatic carbocycles. The van der Waals surface area contributed by atoms with Gasteiger partial charge in [-0.25, -0.2) is 0 Å². The van der Waals surface area contributed by atoms with E-state index in [9.17, 15) is 14.4 Å². The van der Waals surface area contributed by atoms with Crippen LogP contribution in [-0.4, -0.2) is 47.2 Å². The third kappa shape index (κ3) is 4.66. The summed E-state index contributed by atoms with van der Waals surface area (Å²) in [5.41, 5.74) is 0.262. The van der Waals surface area contributed by atoms with Gasteiger partial charge in [0, 0.05) is 38.2 Å². The Labute approximate surface area is 138 Å². The summed E-state index contributed by atoms with van der Waals surface area (Å²) >= 11 is 0. The molecule has 1 fully saturated rings. The summed E-state index contributed by atoms with van der Waals surface area (Å²) in [5.74, 6) is 0.380. The highest BCUT2D eigenvalue weighted by molar-refractivity contribution is 6.12. The van der Waals surface area contributed by atoms with E-state index in [-0.39, 0.29) is 23.1 Å². The molecule has 0 aromatic heterocycles. The molecule has 3 amide bonds. The van der Waals surface area contributed by atoms with Crippen LogP contribution < -0.4 is 0 Å². The molecule has 0 aromatic carbocycles. The molecule has 0 spiro atoms. The third-order valence-corrected chi connectivity index (χ3v) is 4.94. The number of nitrogens with zero attached hydrogens (tertiary/aromatic N) is 2. The molecular formula is C18H28N2O3. The van der Waals surface area contributed by atoms with Gasteiger partial charge in [0.1, 0.15) is 0 Å². The van der Waals surface area contributed by atoms with Crippen molar-refractivity contribution < 1.29 is 14.4 Å². The van der Waals surface area contributed by atoms with E-state index in [4.69, 9.17) is 0 Å². The first-order valence-electron chi connectivity index (χ1n) is 8.60. The van der Waals surface area contributed by atoms with Crippen LogP contribution in [0.25, 0.3) is 0 Å².